The maximum atomic E-state index is 12.7. The molecule has 31 heavy (non-hydrogen) atoms. The lowest BCUT2D eigenvalue weighted by Gasteiger charge is -2.31. The number of nitrogens with one attached hydrogen (secondary N) is 1. The standard InChI is InChI=1S/C24H34N4O3/c1-2-3-7-16-26-24(31)20-13-18-27(19-14-20)22(29)11-12-23(30)28(17-8-15-25)21-9-5-4-6-10-21/h4-6,9-10,20H,2-3,7-8,11-14,16-19H2,1H3,(H,26,31). The highest BCUT2D eigenvalue weighted by atomic mass is 16.2. The van der Waals surface area contributed by atoms with Gasteiger partial charge >= 0.3 is 0 Å². The van der Waals surface area contributed by atoms with Crippen LogP contribution in [-0.2, 0) is 14.4 Å². The van der Waals surface area contributed by atoms with Crippen molar-refractivity contribution in [3.63, 3.8) is 0 Å². The topological polar surface area (TPSA) is 93.5 Å². The van der Waals surface area contributed by atoms with E-state index in [0.717, 1.165) is 31.5 Å². The predicted octanol–water partition coefficient (Wildman–Crippen LogP) is 3.26. The molecule has 0 spiro atoms. The third-order valence-electron chi connectivity index (χ3n) is 5.67. The van der Waals surface area contributed by atoms with Crippen LogP contribution in [0, 0.1) is 17.2 Å². The highest BCUT2D eigenvalue weighted by molar-refractivity contribution is 5.95. The van der Waals surface area contributed by atoms with Gasteiger partial charge in [0.15, 0.2) is 0 Å². The lowest BCUT2D eigenvalue weighted by Crippen LogP contribution is -2.43. The molecule has 1 aromatic carbocycles. The summed E-state index contributed by atoms with van der Waals surface area (Å²) in [4.78, 5) is 40.9. The lowest BCUT2D eigenvalue weighted by atomic mass is 9.95. The van der Waals surface area contributed by atoms with Crippen molar-refractivity contribution >= 4 is 23.4 Å². The quantitative estimate of drug-likeness (QED) is 0.550. The van der Waals surface area contributed by atoms with Crippen LogP contribution in [0.15, 0.2) is 30.3 Å². The minimum Gasteiger partial charge on any atom is -0.356 e. The Morgan fingerprint density at radius 1 is 1.13 bits per heavy atom. The highest BCUT2D eigenvalue weighted by Crippen LogP contribution is 2.20. The Kier molecular flexibility index (Phi) is 10.6. The van der Waals surface area contributed by atoms with E-state index >= 15 is 0 Å². The van der Waals surface area contributed by atoms with Crippen LogP contribution in [0.4, 0.5) is 5.69 Å². The van der Waals surface area contributed by atoms with Crippen LogP contribution in [0.1, 0.15) is 58.3 Å². The second-order valence-electron chi connectivity index (χ2n) is 7.94. The van der Waals surface area contributed by atoms with Gasteiger partial charge < -0.3 is 15.1 Å². The second-order valence-corrected chi connectivity index (χ2v) is 7.94. The number of rotatable bonds is 11. The molecule has 1 aliphatic rings. The Bertz CT molecular complexity index is 752. The molecular weight excluding hydrogens is 392 g/mol. The van der Waals surface area contributed by atoms with Gasteiger partial charge in [-0.05, 0) is 31.4 Å². The molecule has 0 radical (unpaired) electrons. The van der Waals surface area contributed by atoms with E-state index in [1.54, 1.807) is 9.80 Å². The van der Waals surface area contributed by atoms with Crippen LogP contribution in [0.3, 0.4) is 0 Å². The molecule has 0 aromatic heterocycles. The molecule has 0 unspecified atom stereocenters. The van der Waals surface area contributed by atoms with Gasteiger partial charge in [0.25, 0.3) is 0 Å². The van der Waals surface area contributed by atoms with Crippen molar-refractivity contribution in [2.24, 2.45) is 5.92 Å². The van der Waals surface area contributed by atoms with Gasteiger partial charge in [-0.1, -0.05) is 38.0 Å². The molecule has 3 amide bonds. The minimum atomic E-state index is -0.156. The Balaban J connectivity index is 1.77. The number of unbranched alkanes of at least 4 members (excludes halogenated alkanes) is 2. The number of hydrogen-bond donors (Lipinski definition) is 1. The summed E-state index contributed by atoms with van der Waals surface area (Å²) in [6, 6.07) is 11.3. The monoisotopic (exact) mass is 426 g/mol. The van der Waals surface area contributed by atoms with Crippen LogP contribution in [0.5, 0.6) is 0 Å². The van der Waals surface area contributed by atoms with Gasteiger partial charge in [-0.2, -0.15) is 5.26 Å². The van der Waals surface area contributed by atoms with E-state index in [0.29, 0.717) is 32.5 Å². The number of carbonyl (C=O) groups excluding carboxylic acids is 3. The third-order valence-corrected chi connectivity index (χ3v) is 5.67. The summed E-state index contributed by atoms with van der Waals surface area (Å²) in [6.07, 6.45) is 5.06. The number of carbonyl (C=O) groups is 3. The molecule has 0 bridgehead atoms. The number of likely N-dealkylation sites (tertiary alicyclic amines) is 1. The van der Waals surface area contributed by atoms with E-state index in [-0.39, 0.29) is 42.9 Å². The van der Waals surface area contributed by atoms with E-state index in [2.05, 4.69) is 18.3 Å². The average molecular weight is 427 g/mol. The van der Waals surface area contributed by atoms with E-state index in [1.165, 1.54) is 0 Å². The van der Waals surface area contributed by atoms with Crippen molar-refractivity contribution in [3.05, 3.63) is 30.3 Å². The van der Waals surface area contributed by atoms with E-state index in [9.17, 15) is 14.4 Å². The van der Waals surface area contributed by atoms with Crippen molar-refractivity contribution in [2.45, 2.75) is 58.3 Å². The second kappa shape index (κ2) is 13.4. The number of nitriles is 1. The number of hydrogen-bond acceptors (Lipinski definition) is 4. The third kappa shape index (κ3) is 8.05. The van der Waals surface area contributed by atoms with Crippen molar-refractivity contribution in [1.29, 1.82) is 5.26 Å². The number of benzene rings is 1. The first kappa shape index (κ1) is 24.4. The molecule has 168 valence electrons. The summed E-state index contributed by atoms with van der Waals surface area (Å²) in [5.74, 6) is -0.152. The van der Waals surface area contributed by atoms with Crippen molar-refractivity contribution in [2.75, 3.05) is 31.1 Å². The molecule has 7 heteroatoms. The molecule has 1 heterocycles. The summed E-state index contributed by atoms with van der Waals surface area (Å²) < 4.78 is 0. The lowest BCUT2D eigenvalue weighted by molar-refractivity contribution is -0.136. The first-order valence-electron chi connectivity index (χ1n) is 11.3. The van der Waals surface area contributed by atoms with Gasteiger partial charge in [-0.25, -0.2) is 0 Å². The molecule has 0 atom stereocenters. The summed E-state index contributed by atoms with van der Waals surface area (Å²) in [6.45, 7) is 4.27. The molecule has 0 aliphatic carbocycles. The number of nitrogens with zero attached hydrogens (tertiary/aromatic N) is 3. The first-order chi connectivity index (χ1) is 15.1. The van der Waals surface area contributed by atoms with E-state index in [1.807, 2.05) is 30.3 Å². The van der Waals surface area contributed by atoms with Gasteiger partial charge in [-0.3, -0.25) is 14.4 Å². The first-order valence-corrected chi connectivity index (χ1v) is 11.3. The molecule has 0 saturated carbocycles. The molecule has 1 saturated heterocycles. The Labute approximate surface area is 185 Å². The summed E-state index contributed by atoms with van der Waals surface area (Å²) in [5, 5.41) is 11.9. The van der Waals surface area contributed by atoms with Crippen molar-refractivity contribution < 1.29 is 14.4 Å². The van der Waals surface area contributed by atoms with E-state index < -0.39 is 0 Å². The van der Waals surface area contributed by atoms with Gasteiger partial charge in [0.1, 0.15) is 0 Å². The number of para-hydroxylation sites is 1. The van der Waals surface area contributed by atoms with Gasteiger partial charge in [0.05, 0.1) is 12.5 Å². The minimum absolute atomic E-state index is 0.0353. The smallest absolute Gasteiger partial charge is 0.227 e. The maximum absolute atomic E-state index is 12.7. The maximum Gasteiger partial charge on any atom is 0.227 e. The SMILES string of the molecule is CCCCCNC(=O)C1CCN(C(=O)CCC(=O)N(CCC#N)c2ccccc2)CC1. The zero-order valence-electron chi connectivity index (χ0n) is 18.5. The molecule has 1 aliphatic heterocycles. The van der Waals surface area contributed by atoms with Gasteiger partial charge in [-0.15, -0.1) is 0 Å². The molecule has 7 nitrogen and oxygen atoms in total. The molecule has 2 rings (SSSR count). The number of piperidine rings is 1. The fraction of sp³-hybridized carbons (Fsp3) is 0.583. The van der Waals surface area contributed by atoms with Crippen LogP contribution in [0.2, 0.25) is 0 Å². The fourth-order valence-electron chi connectivity index (χ4n) is 3.80. The Hall–Kier alpha value is -2.88. The average Bonchev–Trinajstić information content (AvgIpc) is 2.81. The van der Waals surface area contributed by atoms with Gasteiger partial charge in [0.2, 0.25) is 17.7 Å². The van der Waals surface area contributed by atoms with Crippen LogP contribution < -0.4 is 10.2 Å². The fourth-order valence-corrected chi connectivity index (χ4v) is 3.80. The number of anilines is 1. The summed E-state index contributed by atoms with van der Waals surface area (Å²) >= 11 is 0. The Morgan fingerprint density at radius 3 is 2.48 bits per heavy atom. The molecule has 1 N–H and O–H groups in total. The highest BCUT2D eigenvalue weighted by Gasteiger charge is 2.27. The Morgan fingerprint density at radius 2 is 1.84 bits per heavy atom. The van der Waals surface area contributed by atoms with Crippen molar-refractivity contribution in [1.82, 2.24) is 10.2 Å². The van der Waals surface area contributed by atoms with Crippen LogP contribution in [0.25, 0.3) is 0 Å². The van der Waals surface area contributed by atoms with Crippen molar-refractivity contribution in [3.8, 4) is 6.07 Å². The zero-order chi connectivity index (χ0) is 22.5. The molecular formula is C24H34N4O3. The normalized spacial score (nSPS) is 14.0. The van der Waals surface area contributed by atoms with Gasteiger partial charge in [0, 0.05) is 50.6 Å². The number of amides is 3. The van der Waals surface area contributed by atoms with Crippen LogP contribution in [-0.4, -0.2) is 48.8 Å². The predicted molar refractivity (Wildman–Crippen MR) is 120 cm³/mol. The summed E-state index contributed by atoms with van der Waals surface area (Å²) in [7, 11) is 0. The van der Waals surface area contributed by atoms with E-state index in [4.69, 9.17) is 5.26 Å². The molecule has 1 aromatic rings. The summed E-state index contributed by atoms with van der Waals surface area (Å²) in [5.41, 5.74) is 0.737. The van der Waals surface area contributed by atoms with Crippen LogP contribution >= 0.6 is 0 Å². The largest absolute Gasteiger partial charge is 0.356 e. The molecule has 1 fully saturated rings. The zero-order valence-corrected chi connectivity index (χ0v) is 18.5.